The third-order valence-electron chi connectivity index (χ3n) is 1.73. The zero-order valence-corrected chi connectivity index (χ0v) is 7.86. The van der Waals surface area contributed by atoms with E-state index >= 15 is 0 Å². The maximum Gasteiger partial charge on any atom is 0.325 e. The predicted octanol–water partition coefficient (Wildman–Crippen LogP) is 1.84. The van der Waals surface area contributed by atoms with Crippen LogP contribution >= 0.6 is 11.6 Å². The zero-order chi connectivity index (χ0) is 11.7. The minimum absolute atomic E-state index is 0.281. The summed E-state index contributed by atoms with van der Waals surface area (Å²) >= 11 is 5.14. The van der Waals surface area contributed by atoms with Crippen LogP contribution in [0.3, 0.4) is 0 Å². The molecule has 1 rings (SSSR count). The van der Waals surface area contributed by atoms with Crippen molar-refractivity contribution in [3.05, 3.63) is 34.1 Å². The van der Waals surface area contributed by atoms with E-state index in [0.29, 0.717) is 0 Å². The quantitative estimate of drug-likeness (QED) is 0.611. The number of halogens is 4. The molecule has 3 N–H and O–H groups in total. The first-order valence-corrected chi connectivity index (χ1v) is 4.05. The number of hydrogen-bond donors (Lipinski definition) is 2. The molecule has 0 bridgehead atoms. The number of carboxylic acid groups (broad SMARTS) is 1. The lowest BCUT2D eigenvalue weighted by Gasteiger charge is -2.10. The van der Waals surface area contributed by atoms with Gasteiger partial charge in [0.25, 0.3) is 0 Å². The third-order valence-corrected chi connectivity index (χ3v) is 2.07. The van der Waals surface area contributed by atoms with Gasteiger partial charge in [0.15, 0.2) is 5.82 Å². The molecule has 0 aliphatic carbocycles. The van der Waals surface area contributed by atoms with E-state index in [9.17, 15) is 18.0 Å². The lowest BCUT2D eigenvalue weighted by Crippen LogP contribution is -2.23. The number of rotatable bonds is 2. The van der Waals surface area contributed by atoms with Gasteiger partial charge in [0, 0.05) is 6.07 Å². The number of benzene rings is 1. The summed E-state index contributed by atoms with van der Waals surface area (Å²) in [6.07, 6.45) is 0. The van der Waals surface area contributed by atoms with E-state index in [4.69, 9.17) is 22.4 Å². The van der Waals surface area contributed by atoms with E-state index in [1.165, 1.54) is 0 Å². The van der Waals surface area contributed by atoms with Crippen LogP contribution in [0.5, 0.6) is 0 Å². The fraction of sp³-hybridized carbons (Fsp3) is 0.125. The Balaban J connectivity index is 3.42. The van der Waals surface area contributed by atoms with Crippen LogP contribution in [0.1, 0.15) is 11.6 Å². The van der Waals surface area contributed by atoms with Gasteiger partial charge in [-0.3, -0.25) is 4.79 Å². The van der Waals surface area contributed by atoms with Crippen LogP contribution in [-0.2, 0) is 4.79 Å². The summed E-state index contributed by atoms with van der Waals surface area (Å²) in [5.74, 6) is -5.84. The van der Waals surface area contributed by atoms with Crippen LogP contribution in [0.4, 0.5) is 13.2 Å². The van der Waals surface area contributed by atoms with Crippen LogP contribution in [0, 0.1) is 17.5 Å². The van der Waals surface area contributed by atoms with Crippen molar-refractivity contribution in [2.75, 3.05) is 0 Å². The van der Waals surface area contributed by atoms with E-state index in [2.05, 4.69) is 0 Å². The van der Waals surface area contributed by atoms with Crippen LogP contribution in [0.25, 0.3) is 0 Å². The molecular weight excluding hydrogens is 235 g/mol. The topological polar surface area (TPSA) is 63.3 Å². The van der Waals surface area contributed by atoms with Gasteiger partial charge in [-0.2, -0.15) is 0 Å². The minimum atomic E-state index is -1.93. The van der Waals surface area contributed by atoms with Gasteiger partial charge >= 0.3 is 5.97 Å². The highest BCUT2D eigenvalue weighted by molar-refractivity contribution is 6.31. The van der Waals surface area contributed by atoms with Gasteiger partial charge in [-0.25, -0.2) is 13.2 Å². The normalized spacial score (nSPS) is 12.6. The molecule has 0 fully saturated rings. The van der Waals surface area contributed by atoms with Crippen molar-refractivity contribution in [1.29, 1.82) is 0 Å². The summed E-state index contributed by atoms with van der Waals surface area (Å²) in [7, 11) is 0. The number of carbonyl (C=O) groups is 1. The van der Waals surface area contributed by atoms with Gasteiger partial charge in [0.2, 0.25) is 0 Å². The number of hydrogen-bond acceptors (Lipinski definition) is 2. The average molecular weight is 240 g/mol. The molecular formula is C8H5ClF3NO2. The molecule has 1 atom stereocenters. The molecule has 0 aliphatic heterocycles. The Labute approximate surface area is 87.3 Å². The van der Waals surface area contributed by atoms with Crippen molar-refractivity contribution in [1.82, 2.24) is 0 Å². The first-order chi connectivity index (χ1) is 6.86. The Morgan fingerprint density at radius 2 is 1.93 bits per heavy atom. The molecule has 0 saturated heterocycles. The predicted molar refractivity (Wildman–Crippen MR) is 45.9 cm³/mol. The summed E-state index contributed by atoms with van der Waals surface area (Å²) in [6.45, 7) is 0. The molecule has 0 heterocycles. The van der Waals surface area contributed by atoms with Gasteiger partial charge in [-0.1, -0.05) is 11.6 Å². The van der Waals surface area contributed by atoms with Crippen LogP contribution < -0.4 is 5.73 Å². The van der Waals surface area contributed by atoms with Crippen LogP contribution in [0.2, 0.25) is 5.02 Å². The summed E-state index contributed by atoms with van der Waals surface area (Å²) in [5.41, 5.74) is 4.03. The highest BCUT2D eigenvalue weighted by atomic mass is 35.5. The van der Waals surface area contributed by atoms with Crippen molar-refractivity contribution >= 4 is 17.6 Å². The molecule has 7 heteroatoms. The van der Waals surface area contributed by atoms with Crippen molar-refractivity contribution in [3.63, 3.8) is 0 Å². The first kappa shape index (κ1) is 11.8. The van der Waals surface area contributed by atoms with Crippen molar-refractivity contribution in [2.45, 2.75) is 6.04 Å². The van der Waals surface area contributed by atoms with Gasteiger partial charge in [-0.05, 0) is 0 Å². The SMILES string of the molecule is N[C@H](C(=O)O)c1c(F)cc(F)c(Cl)c1F. The smallest absolute Gasteiger partial charge is 0.325 e. The Bertz CT molecular complexity index is 425. The van der Waals surface area contributed by atoms with Gasteiger partial charge in [0.1, 0.15) is 22.7 Å². The average Bonchev–Trinajstić information content (AvgIpc) is 2.14. The lowest BCUT2D eigenvalue weighted by molar-refractivity contribution is -0.138. The van der Waals surface area contributed by atoms with Crippen LogP contribution in [0.15, 0.2) is 6.07 Å². The summed E-state index contributed by atoms with van der Waals surface area (Å²) < 4.78 is 38.9. The van der Waals surface area contributed by atoms with E-state index in [-0.39, 0.29) is 6.07 Å². The fourth-order valence-electron chi connectivity index (χ4n) is 0.989. The van der Waals surface area contributed by atoms with E-state index in [1.54, 1.807) is 0 Å². The van der Waals surface area contributed by atoms with Crippen molar-refractivity contribution < 1.29 is 23.1 Å². The Hall–Kier alpha value is -1.27. The number of aliphatic carboxylic acids is 1. The molecule has 0 aromatic heterocycles. The Kier molecular flexibility index (Phi) is 3.21. The molecule has 0 spiro atoms. The molecule has 0 saturated carbocycles. The molecule has 82 valence electrons. The summed E-state index contributed by atoms with van der Waals surface area (Å²) in [6, 6.07) is -1.65. The largest absolute Gasteiger partial charge is 0.480 e. The second-order valence-corrected chi connectivity index (χ2v) is 3.08. The first-order valence-electron chi connectivity index (χ1n) is 3.67. The summed E-state index contributed by atoms with van der Waals surface area (Å²) in [4.78, 5) is 10.4. The molecule has 3 nitrogen and oxygen atoms in total. The maximum absolute atomic E-state index is 13.2. The monoisotopic (exact) mass is 239 g/mol. The molecule has 0 unspecified atom stereocenters. The number of nitrogens with two attached hydrogens (primary N) is 1. The maximum atomic E-state index is 13.2. The minimum Gasteiger partial charge on any atom is -0.480 e. The molecule has 0 radical (unpaired) electrons. The molecule has 0 aliphatic rings. The Morgan fingerprint density at radius 3 is 2.40 bits per heavy atom. The fourth-order valence-corrected chi connectivity index (χ4v) is 1.15. The van der Waals surface area contributed by atoms with Crippen molar-refractivity contribution in [3.8, 4) is 0 Å². The van der Waals surface area contributed by atoms with Gasteiger partial charge in [0.05, 0.1) is 5.56 Å². The van der Waals surface area contributed by atoms with E-state index < -0.39 is 40.0 Å². The van der Waals surface area contributed by atoms with Crippen LogP contribution in [-0.4, -0.2) is 11.1 Å². The third kappa shape index (κ3) is 2.05. The molecule has 1 aromatic rings. The standard InChI is InChI=1S/C8H5ClF3NO2/c9-5-3(11)1-2(10)4(6(5)12)7(13)8(14)15/h1,7H,13H2,(H,14,15)/t7-/m0/s1. The lowest BCUT2D eigenvalue weighted by atomic mass is 10.1. The second-order valence-electron chi connectivity index (χ2n) is 2.70. The van der Waals surface area contributed by atoms with Gasteiger partial charge in [-0.15, -0.1) is 0 Å². The highest BCUT2D eigenvalue weighted by Gasteiger charge is 2.26. The molecule has 0 amide bonds. The number of carboxylic acids is 1. The molecule has 1 aromatic carbocycles. The van der Waals surface area contributed by atoms with Crippen molar-refractivity contribution in [2.24, 2.45) is 5.73 Å². The summed E-state index contributed by atoms with van der Waals surface area (Å²) in [5, 5.41) is 7.47. The van der Waals surface area contributed by atoms with Gasteiger partial charge < -0.3 is 10.8 Å². The van der Waals surface area contributed by atoms with E-state index in [0.717, 1.165) is 0 Å². The molecule has 15 heavy (non-hydrogen) atoms. The Morgan fingerprint density at radius 1 is 1.40 bits per heavy atom. The zero-order valence-electron chi connectivity index (χ0n) is 7.10. The highest BCUT2D eigenvalue weighted by Crippen LogP contribution is 2.28. The van der Waals surface area contributed by atoms with E-state index in [1.807, 2.05) is 0 Å². The second kappa shape index (κ2) is 4.08.